The van der Waals surface area contributed by atoms with E-state index in [-0.39, 0.29) is 0 Å². The molecule has 0 aromatic carbocycles. The molecular weight excluding hydrogens is 248 g/mol. The number of methoxy groups -OCH3 is 1. The highest BCUT2D eigenvalue weighted by Crippen LogP contribution is 2.31. The number of hydrogen-bond donors (Lipinski definition) is 1. The van der Waals surface area contributed by atoms with E-state index in [0.717, 1.165) is 17.3 Å². The molecule has 1 aliphatic carbocycles. The van der Waals surface area contributed by atoms with Crippen molar-refractivity contribution in [1.29, 1.82) is 0 Å². The average molecular weight is 270 g/mol. The zero-order chi connectivity index (χ0) is 13.0. The van der Waals surface area contributed by atoms with Crippen molar-refractivity contribution in [3.05, 3.63) is 4.77 Å². The zero-order valence-electron chi connectivity index (χ0n) is 11.2. The van der Waals surface area contributed by atoms with E-state index < -0.39 is 0 Å². The number of rotatable bonds is 5. The second-order valence-electron chi connectivity index (χ2n) is 4.90. The van der Waals surface area contributed by atoms with Gasteiger partial charge < -0.3 is 9.64 Å². The Morgan fingerprint density at radius 1 is 1.44 bits per heavy atom. The Labute approximate surface area is 113 Å². The Morgan fingerprint density at radius 3 is 2.83 bits per heavy atom. The third-order valence-corrected chi connectivity index (χ3v) is 3.89. The van der Waals surface area contributed by atoms with Crippen molar-refractivity contribution in [1.82, 2.24) is 14.8 Å². The smallest absolute Gasteiger partial charge is 0.225 e. The van der Waals surface area contributed by atoms with Crippen molar-refractivity contribution in [2.45, 2.75) is 38.1 Å². The maximum Gasteiger partial charge on any atom is 0.225 e. The van der Waals surface area contributed by atoms with Crippen LogP contribution in [0.3, 0.4) is 0 Å². The van der Waals surface area contributed by atoms with Gasteiger partial charge in [0.25, 0.3) is 0 Å². The van der Waals surface area contributed by atoms with E-state index in [9.17, 15) is 0 Å². The number of ether oxygens (including phenoxy) is 1. The lowest BCUT2D eigenvalue weighted by Crippen LogP contribution is -2.27. The van der Waals surface area contributed by atoms with E-state index in [2.05, 4.69) is 19.7 Å². The maximum absolute atomic E-state index is 5.37. The molecule has 1 saturated carbocycles. The quantitative estimate of drug-likeness (QED) is 0.835. The maximum atomic E-state index is 5.37. The number of nitrogens with zero attached hydrogens (tertiary/aromatic N) is 3. The molecule has 1 aromatic heterocycles. The molecule has 0 saturated heterocycles. The number of hydrogen-bond acceptors (Lipinski definition) is 4. The number of aromatic nitrogens is 3. The number of aromatic amines is 1. The van der Waals surface area contributed by atoms with E-state index >= 15 is 0 Å². The average Bonchev–Trinajstić information content (AvgIpc) is 2.79. The molecule has 0 unspecified atom stereocenters. The summed E-state index contributed by atoms with van der Waals surface area (Å²) < 4.78 is 8.03. The molecule has 0 aliphatic heterocycles. The van der Waals surface area contributed by atoms with Crippen LogP contribution in [0.15, 0.2) is 0 Å². The Morgan fingerprint density at radius 2 is 2.17 bits per heavy atom. The number of nitrogens with one attached hydrogen (secondary N) is 1. The fraction of sp³-hybridized carbons (Fsp3) is 0.833. The Hall–Kier alpha value is -0.880. The van der Waals surface area contributed by atoms with Crippen LogP contribution >= 0.6 is 12.2 Å². The normalized spacial score (nSPS) is 17.0. The molecule has 102 valence electrons. The van der Waals surface area contributed by atoms with Crippen LogP contribution in [0.5, 0.6) is 0 Å². The molecule has 5 nitrogen and oxygen atoms in total. The lowest BCUT2D eigenvalue weighted by molar-refractivity contribution is 0.205. The Balaban J connectivity index is 2.17. The molecule has 0 radical (unpaired) electrons. The van der Waals surface area contributed by atoms with Gasteiger partial charge in [0.1, 0.15) is 0 Å². The van der Waals surface area contributed by atoms with Crippen molar-refractivity contribution in [3.63, 3.8) is 0 Å². The van der Waals surface area contributed by atoms with E-state index in [1.165, 1.54) is 32.1 Å². The van der Waals surface area contributed by atoms with Gasteiger partial charge in [0.15, 0.2) is 4.77 Å². The second-order valence-corrected chi connectivity index (χ2v) is 5.29. The standard InChI is InChI=1S/C12H22N4OS/c1-15(8-9-17-2)11-13-14-12(18)16(11)10-6-4-3-5-7-10/h10H,3-9H2,1-2H3,(H,14,18). The predicted octanol–water partition coefficient (Wildman–Crippen LogP) is 2.53. The van der Waals surface area contributed by atoms with Crippen LogP contribution in [0, 0.1) is 4.77 Å². The number of H-pyrrole nitrogens is 1. The summed E-state index contributed by atoms with van der Waals surface area (Å²) >= 11 is 5.37. The molecule has 18 heavy (non-hydrogen) atoms. The van der Waals surface area contributed by atoms with Gasteiger partial charge in [-0.25, -0.2) is 5.10 Å². The van der Waals surface area contributed by atoms with Crippen molar-refractivity contribution < 1.29 is 4.74 Å². The summed E-state index contributed by atoms with van der Waals surface area (Å²) in [6.45, 7) is 1.52. The van der Waals surface area contributed by atoms with Crippen molar-refractivity contribution in [3.8, 4) is 0 Å². The zero-order valence-corrected chi connectivity index (χ0v) is 12.0. The van der Waals surface area contributed by atoms with Crippen molar-refractivity contribution in [2.24, 2.45) is 0 Å². The van der Waals surface area contributed by atoms with Gasteiger partial charge in [0.2, 0.25) is 5.95 Å². The molecule has 1 fully saturated rings. The van der Waals surface area contributed by atoms with Crippen LogP contribution < -0.4 is 4.90 Å². The van der Waals surface area contributed by atoms with Gasteiger partial charge >= 0.3 is 0 Å². The summed E-state index contributed by atoms with van der Waals surface area (Å²) in [6.07, 6.45) is 6.34. The van der Waals surface area contributed by atoms with Gasteiger partial charge in [0, 0.05) is 26.7 Å². The summed E-state index contributed by atoms with van der Waals surface area (Å²) in [5.41, 5.74) is 0. The summed E-state index contributed by atoms with van der Waals surface area (Å²) in [7, 11) is 3.75. The molecule has 0 spiro atoms. The molecule has 0 amide bonds. The van der Waals surface area contributed by atoms with Crippen LogP contribution in [-0.2, 0) is 4.74 Å². The first kappa shape index (κ1) is 13.5. The highest BCUT2D eigenvalue weighted by Gasteiger charge is 2.21. The minimum absolute atomic E-state index is 0.505. The van der Waals surface area contributed by atoms with Gasteiger partial charge in [-0.15, -0.1) is 5.10 Å². The van der Waals surface area contributed by atoms with E-state index in [1.54, 1.807) is 7.11 Å². The number of anilines is 1. The van der Waals surface area contributed by atoms with E-state index in [1.807, 2.05) is 7.05 Å². The van der Waals surface area contributed by atoms with Gasteiger partial charge in [0.05, 0.1) is 6.61 Å². The molecule has 1 aromatic rings. The van der Waals surface area contributed by atoms with Gasteiger partial charge in [-0.3, -0.25) is 4.57 Å². The molecule has 1 N–H and O–H groups in total. The first-order chi connectivity index (χ1) is 8.74. The van der Waals surface area contributed by atoms with Crippen LogP contribution in [0.2, 0.25) is 0 Å². The van der Waals surface area contributed by atoms with Crippen LogP contribution in [0.1, 0.15) is 38.1 Å². The first-order valence-corrected chi connectivity index (χ1v) is 7.02. The lowest BCUT2D eigenvalue weighted by atomic mass is 9.95. The minimum atomic E-state index is 0.505. The van der Waals surface area contributed by atoms with Crippen molar-refractivity contribution >= 4 is 18.2 Å². The fourth-order valence-corrected chi connectivity index (χ4v) is 2.84. The molecule has 6 heteroatoms. The molecular formula is C12H22N4OS. The third kappa shape index (κ3) is 2.92. The molecule has 0 atom stereocenters. The van der Waals surface area contributed by atoms with Gasteiger partial charge in [-0.2, -0.15) is 0 Å². The monoisotopic (exact) mass is 270 g/mol. The second kappa shape index (κ2) is 6.33. The molecule has 1 aliphatic rings. The summed E-state index contributed by atoms with van der Waals surface area (Å²) in [6, 6.07) is 0.505. The van der Waals surface area contributed by atoms with Crippen LogP contribution in [-0.4, -0.2) is 42.1 Å². The summed E-state index contributed by atoms with van der Waals surface area (Å²) in [5.74, 6) is 0.934. The first-order valence-electron chi connectivity index (χ1n) is 6.61. The summed E-state index contributed by atoms with van der Waals surface area (Å²) in [4.78, 5) is 2.10. The number of likely N-dealkylation sites (N-methyl/N-ethyl adjacent to an activating group) is 1. The highest BCUT2D eigenvalue weighted by atomic mass is 32.1. The van der Waals surface area contributed by atoms with Gasteiger partial charge in [-0.05, 0) is 25.1 Å². The summed E-state index contributed by atoms with van der Waals surface area (Å²) in [5, 5.41) is 7.29. The van der Waals surface area contributed by atoms with Gasteiger partial charge in [-0.1, -0.05) is 19.3 Å². The SMILES string of the molecule is COCCN(C)c1n[nH]c(=S)n1C1CCCCC1. The molecule has 0 bridgehead atoms. The predicted molar refractivity (Wildman–Crippen MR) is 74.7 cm³/mol. The Bertz CT molecular complexity index is 422. The highest BCUT2D eigenvalue weighted by molar-refractivity contribution is 7.71. The largest absolute Gasteiger partial charge is 0.383 e. The fourth-order valence-electron chi connectivity index (χ4n) is 2.56. The van der Waals surface area contributed by atoms with Crippen LogP contribution in [0.25, 0.3) is 0 Å². The molecule has 1 heterocycles. The van der Waals surface area contributed by atoms with Crippen LogP contribution in [0.4, 0.5) is 5.95 Å². The lowest BCUT2D eigenvalue weighted by Gasteiger charge is -2.27. The Kier molecular flexibility index (Phi) is 4.77. The van der Waals surface area contributed by atoms with E-state index in [4.69, 9.17) is 17.0 Å². The minimum Gasteiger partial charge on any atom is -0.383 e. The topological polar surface area (TPSA) is 46.1 Å². The van der Waals surface area contributed by atoms with Crippen molar-refractivity contribution in [2.75, 3.05) is 32.2 Å². The third-order valence-electron chi connectivity index (χ3n) is 3.60. The molecule has 2 rings (SSSR count). The van der Waals surface area contributed by atoms with E-state index in [0.29, 0.717) is 12.6 Å².